The third-order valence-corrected chi connectivity index (χ3v) is 3.02. The average Bonchev–Trinajstić information content (AvgIpc) is 2.48. The van der Waals surface area contributed by atoms with Gasteiger partial charge in [0.25, 0.3) is 0 Å². The third-order valence-electron chi connectivity index (χ3n) is 2.77. The van der Waals surface area contributed by atoms with Gasteiger partial charge in [0.1, 0.15) is 6.42 Å². The van der Waals surface area contributed by atoms with Crippen LogP contribution < -0.4 is 5.32 Å². The summed E-state index contributed by atoms with van der Waals surface area (Å²) in [7, 11) is 0. The number of anilines is 1. The molecule has 0 heterocycles. The van der Waals surface area contributed by atoms with Crippen LogP contribution in [0, 0.1) is 11.3 Å². The molecule has 2 aromatic rings. The summed E-state index contributed by atoms with van der Waals surface area (Å²) in [6.45, 7) is 0. The fraction of sp³-hybridized carbons (Fsp3) is 0.0588. The number of carbonyl (C=O) groups is 1. The van der Waals surface area contributed by atoms with E-state index >= 15 is 0 Å². The topological polar surface area (TPSA) is 52.9 Å². The van der Waals surface area contributed by atoms with Crippen molar-refractivity contribution in [2.24, 2.45) is 0 Å². The van der Waals surface area contributed by atoms with Crippen LogP contribution in [0.3, 0.4) is 0 Å². The lowest BCUT2D eigenvalue weighted by molar-refractivity contribution is -0.115. The lowest BCUT2D eigenvalue weighted by atomic mass is 10.1. The van der Waals surface area contributed by atoms with Crippen LogP contribution in [0.2, 0.25) is 5.02 Å². The SMILES string of the molecule is N#CCC(=O)Nc1ccc(C=Cc2ccc(Cl)cc2)cc1. The van der Waals surface area contributed by atoms with E-state index < -0.39 is 0 Å². The van der Waals surface area contributed by atoms with E-state index in [1.54, 1.807) is 12.1 Å². The number of nitrogens with one attached hydrogen (secondary N) is 1. The summed E-state index contributed by atoms with van der Waals surface area (Å²) in [5.74, 6) is -0.304. The zero-order valence-corrected chi connectivity index (χ0v) is 12.0. The number of hydrogen-bond donors (Lipinski definition) is 1. The van der Waals surface area contributed by atoms with Gasteiger partial charge in [0.15, 0.2) is 0 Å². The molecule has 0 atom stereocenters. The van der Waals surface area contributed by atoms with E-state index in [1.807, 2.05) is 54.6 Å². The fourth-order valence-corrected chi connectivity index (χ4v) is 1.85. The number of hydrogen-bond acceptors (Lipinski definition) is 2. The van der Waals surface area contributed by atoms with Crippen molar-refractivity contribution in [3.63, 3.8) is 0 Å². The van der Waals surface area contributed by atoms with Crippen molar-refractivity contribution < 1.29 is 4.79 Å². The Morgan fingerprint density at radius 1 is 1.05 bits per heavy atom. The Bertz CT molecular complexity index is 682. The van der Waals surface area contributed by atoms with Crippen LogP contribution in [0.15, 0.2) is 48.5 Å². The molecule has 0 radical (unpaired) electrons. The molecular weight excluding hydrogens is 284 g/mol. The zero-order valence-electron chi connectivity index (χ0n) is 11.2. The first kappa shape index (κ1) is 14.8. The average molecular weight is 297 g/mol. The number of halogens is 1. The number of nitriles is 1. The molecule has 0 unspecified atom stereocenters. The van der Waals surface area contributed by atoms with Gasteiger partial charge in [-0.15, -0.1) is 0 Å². The van der Waals surface area contributed by atoms with Crippen molar-refractivity contribution in [3.05, 3.63) is 64.7 Å². The van der Waals surface area contributed by atoms with Crippen LogP contribution in [-0.2, 0) is 4.79 Å². The summed E-state index contributed by atoms with van der Waals surface area (Å²) in [5.41, 5.74) is 2.76. The maximum absolute atomic E-state index is 11.3. The van der Waals surface area contributed by atoms with E-state index in [0.717, 1.165) is 11.1 Å². The van der Waals surface area contributed by atoms with Gasteiger partial charge >= 0.3 is 0 Å². The van der Waals surface area contributed by atoms with Crippen molar-refractivity contribution in [2.45, 2.75) is 6.42 Å². The second-order valence-electron chi connectivity index (χ2n) is 4.39. The zero-order chi connectivity index (χ0) is 15.1. The van der Waals surface area contributed by atoms with Crippen molar-refractivity contribution >= 4 is 35.3 Å². The Morgan fingerprint density at radius 2 is 1.57 bits per heavy atom. The van der Waals surface area contributed by atoms with Gasteiger partial charge in [-0.05, 0) is 35.4 Å². The lowest BCUT2D eigenvalue weighted by Gasteiger charge is -2.02. The first-order valence-electron chi connectivity index (χ1n) is 6.38. The second-order valence-corrected chi connectivity index (χ2v) is 4.83. The highest BCUT2D eigenvalue weighted by Gasteiger charge is 2.00. The van der Waals surface area contributed by atoms with Gasteiger partial charge in [-0.3, -0.25) is 4.79 Å². The molecule has 0 aromatic heterocycles. The van der Waals surface area contributed by atoms with Crippen molar-refractivity contribution in [3.8, 4) is 6.07 Å². The number of carbonyl (C=O) groups excluding carboxylic acids is 1. The molecule has 2 aromatic carbocycles. The predicted molar refractivity (Wildman–Crippen MR) is 85.7 cm³/mol. The molecule has 21 heavy (non-hydrogen) atoms. The Morgan fingerprint density at radius 3 is 2.10 bits per heavy atom. The van der Waals surface area contributed by atoms with E-state index in [4.69, 9.17) is 16.9 Å². The molecule has 0 saturated carbocycles. The van der Waals surface area contributed by atoms with Crippen LogP contribution in [0.1, 0.15) is 17.5 Å². The first-order chi connectivity index (χ1) is 10.2. The molecule has 1 N–H and O–H groups in total. The Kier molecular flexibility index (Phi) is 5.14. The predicted octanol–water partition coefficient (Wildman–Crippen LogP) is 4.36. The van der Waals surface area contributed by atoms with Gasteiger partial charge in [0.2, 0.25) is 5.91 Å². The first-order valence-corrected chi connectivity index (χ1v) is 6.76. The van der Waals surface area contributed by atoms with Crippen LogP contribution >= 0.6 is 11.6 Å². The number of rotatable bonds is 4. The molecule has 0 aliphatic carbocycles. The largest absolute Gasteiger partial charge is 0.325 e. The highest BCUT2D eigenvalue weighted by molar-refractivity contribution is 6.30. The molecule has 0 spiro atoms. The van der Waals surface area contributed by atoms with Crippen LogP contribution in [0.5, 0.6) is 0 Å². The maximum Gasteiger partial charge on any atom is 0.238 e. The van der Waals surface area contributed by atoms with Crippen molar-refractivity contribution in [2.75, 3.05) is 5.32 Å². The van der Waals surface area contributed by atoms with Crippen LogP contribution in [0.4, 0.5) is 5.69 Å². The van der Waals surface area contributed by atoms with Gasteiger partial charge < -0.3 is 5.32 Å². The van der Waals surface area contributed by atoms with E-state index in [-0.39, 0.29) is 12.3 Å². The highest BCUT2D eigenvalue weighted by Crippen LogP contribution is 2.14. The minimum atomic E-state index is -0.304. The smallest absolute Gasteiger partial charge is 0.238 e. The molecule has 0 aliphatic rings. The molecule has 4 heteroatoms. The van der Waals surface area contributed by atoms with Crippen molar-refractivity contribution in [1.82, 2.24) is 0 Å². The minimum absolute atomic E-state index is 0.141. The van der Waals surface area contributed by atoms with Gasteiger partial charge in [0, 0.05) is 10.7 Å². The maximum atomic E-state index is 11.3. The van der Waals surface area contributed by atoms with Gasteiger partial charge in [-0.25, -0.2) is 0 Å². The third kappa shape index (κ3) is 4.79. The summed E-state index contributed by atoms with van der Waals surface area (Å²) < 4.78 is 0. The summed E-state index contributed by atoms with van der Waals surface area (Å²) >= 11 is 5.83. The fourth-order valence-electron chi connectivity index (χ4n) is 1.72. The monoisotopic (exact) mass is 296 g/mol. The summed E-state index contributed by atoms with van der Waals surface area (Å²) in [6, 6.07) is 16.8. The molecule has 0 saturated heterocycles. The summed E-state index contributed by atoms with van der Waals surface area (Å²) in [6.07, 6.45) is 3.82. The van der Waals surface area contributed by atoms with E-state index in [2.05, 4.69) is 5.32 Å². The Hall–Kier alpha value is -2.57. The highest BCUT2D eigenvalue weighted by atomic mass is 35.5. The van der Waals surface area contributed by atoms with Crippen LogP contribution in [0.25, 0.3) is 12.2 Å². The molecule has 0 bridgehead atoms. The normalized spacial score (nSPS) is 10.3. The second kappa shape index (κ2) is 7.28. The molecular formula is C17H13ClN2O. The Labute approximate surface area is 128 Å². The number of nitrogens with zero attached hydrogens (tertiary/aromatic N) is 1. The van der Waals surface area contributed by atoms with E-state index in [1.165, 1.54) is 0 Å². The summed E-state index contributed by atoms with van der Waals surface area (Å²) in [4.78, 5) is 11.3. The molecule has 1 amide bonds. The molecule has 3 nitrogen and oxygen atoms in total. The number of benzene rings is 2. The molecule has 0 aliphatic heterocycles. The molecule has 0 fully saturated rings. The van der Waals surface area contributed by atoms with Crippen LogP contribution in [-0.4, -0.2) is 5.91 Å². The van der Waals surface area contributed by atoms with E-state index in [9.17, 15) is 4.79 Å². The summed E-state index contributed by atoms with van der Waals surface area (Å²) in [5, 5.41) is 11.8. The van der Waals surface area contributed by atoms with Gasteiger partial charge in [-0.1, -0.05) is 48.0 Å². The minimum Gasteiger partial charge on any atom is -0.325 e. The quantitative estimate of drug-likeness (QED) is 0.852. The molecule has 2 rings (SSSR count). The standard InChI is InChI=1S/C17H13ClN2O/c18-15-7-3-13(4-8-15)1-2-14-5-9-16(10-6-14)20-17(21)11-12-19/h1-10H,11H2,(H,20,21). The van der Waals surface area contributed by atoms with E-state index in [0.29, 0.717) is 10.7 Å². The van der Waals surface area contributed by atoms with Gasteiger partial charge in [0.05, 0.1) is 6.07 Å². The lowest BCUT2D eigenvalue weighted by Crippen LogP contribution is -2.09. The Balaban J connectivity index is 2.00. The van der Waals surface area contributed by atoms with Crippen molar-refractivity contribution in [1.29, 1.82) is 5.26 Å². The molecule has 104 valence electrons. The number of amides is 1. The van der Waals surface area contributed by atoms with Gasteiger partial charge in [-0.2, -0.15) is 5.26 Å².